The largest absolute Gasteiger partial charge is 0.378 e. The van der Waals surface area contributed by atoms with Gasteiger partial charge < -0.3 is 4.74 Å². The molecule has 12 heavy (non-hydrogen) atoms. The van der Waals surface area contributed by atoms with Crippen LogP contribution in [-0.2, 0) is 4.74 Å². The minimum absolute atomic E-state index is 0.564. The summed E-state index contributed by atoms with van der Waals surface area (Å²) >= 11 is 5.57. The molecule has 0 bridgehead atoms. The molecule has 1 aliphatic carbocycles. The first kappa shape index (κ1) is 10.3. The van der Waals surface area contributed by atoms with Gasteiger partial charge in [0.25, 0.3) is 0 Å². The Morgan fingerprint density at radius 2 is 1.83 bits per heavy atom. The van der Waals surface area contributed by atoms with Crippen molar-refractivity contribution in [1.82, 2.24) is 0 Å². The van der Waals surface area contributed by atoms with Gasteiger partial charge in [-0.2, -0.15) is 0 Å². The summed E-state index contributed by atoms with van der Waals surface area (Å²) in [6, 6.07) is 0. The summed E-state index contributed by atoms with van der Waals surface area (Å²) in [4.78, 5) is 0. The van der Waals surface area contributed by atoms with E-state index in [-0.39, 0.29) is 0 Å². The fourth-order valence-corrected chi connectivity index (χ4v) is 1.87. The molecule has 1 fully saturated rings. The molecule has 0 aromatic carbocycles. The normalized spacial score (nSPS) is 19.8. The summed E-state index contributed by atoms with van der Waals surface area (Å²) in [5.41, 5.74) is 0. The SMILES string of the molecule is ClCCCCOC1CCCCC1. The second kappa shape index (κ2) is 6.73. The molecule has 0 N–H and O–H groups in total. The van der Waals surface area contributed by atoms with Gasteiger partial charge in [0.15, 0.2) is 0 Å². The van der Waals surface area contributed by atoms with Gasteiger partial charge in [0.2, 0.25) is 0 Å². The third-order valence-corrected chi connectivity index (χ3v) is 2.70. The van der Waals surface area contributed by atoms with Crippen LogP contribution < -0.4 is 0 Å². The molecule has 0 atom stereocenters. The molecule has 72 valence electrons. The molecule has 0 radical (unpaired) electrons. The predicted octanol–water partition coefficient (Wildman–Crippen LogP) is 3.35. The molecule has 0 aliphatic heterocycles. The van der Waals surface area contributed by atoms with Crippen LogP contribution in [0.3, 0.4) is 0 Å². The van der Waals surface area contributed by atoms with E-state index >= 15 is 0 Å². The number of hydrogen-bond donors (Lipinski definition) is 0. The van der Waals surface area contributed by atoms with Crippen molar-refractivity contribution in [3.8, 4) is 0 Å². The van der Waals surface area contributed by atoms with E-state index in [9.17, 15) is 0 Å². The molecule has 0 spiro atoms. The summed E-state index contributed by atoms with van der Waals surface area (Å²) < 4.78 is 5.73. The van der Waals surface area contributed by atoms with Crippen LogP contribution in [0.1, 0.15) is 44.9 Å². The van der Waals surface area contributed by atoms with Crippen molar-refractivity contribution in [3.63, 3.8) is 0 Å². The van der Waals surface area contributed by atoms with Gasteiger partial charge in [0.1, 0.15) is 0 Å². The van der Waals surface area contributed by atoms with Crippen LogP contribution in [0.5, 0.6) is 0 Å². The molecule has 0 heterocycles. The summed E-state index contributed by atoms with van der Waals surface area (Å²) in [5.74, 6) is 0.772. The van der Waals surface area contributed by atoms with Gasteiger partial charge in [-0.3, -0.25) is 0 Å². The van der Waals surface area contributed by atoms with Crippen LogP contribution in [0.15, 0.2) is 0 Å². The maximum Gasteiger partial charge on any atom is 0.0575 e. The molecule has 1 saturated carbocycles. The average molecular weight is 191 g/mol. The Balaban J connectivity index is 1.91. The highest BCUT2D eigenvalue weighted by Crippen LogP contribution is 2.20. The van der Waals surface area contributed by atoms with Gasteiger partial charge in [-0.1, -0.05) is 19.3 Å². The minimum Gasteiger partial charge on any atom is -0.378 e. The molecular formula is C10H19ClO. The smallest absolute Gasteiger partial charge is 0.0575 e. The summed E-state index contributed by atoms with van der Waals surface area (Å²) in [5, 5.41) is 0. The van der Waals surface area contributed by atoms with Crippen molar-refractivity contribution >= 4 is 11.6 Å². The van der Waals surface area contributed by atoms with Gasteiger partial charge in [0, 0.05) is 12.5 Å². The molecular weight excluding hydrogens is 172 g/mol. The van der Waals surface area contributed by atoms with E-state index in [0.29, 0.717) is 6.10 Å². The molecule has 0 amide bonds. The summed E-state index contributed by atoms with van der Waals surface area (Å²) in [6.45, 7) is 0.914. The van der Waals surface area contributed by atoms with E-state index in [1.54, 1.807) is 0 Å². The molecule has 0 aromatic rings. The van der Waals surface area contributed by atoms with Crippen molar-refractivity contribution in [2.75, 3.05) is 12.5 Å². The lowest BCUT2D eigenvalue weighted by Crippen LogP contribution is -2.17. The first-order valence-electron chi connectivity index (χ1n) is 5.11. The molecule has 0 saturated heterocycles. The Morgan fingerprint density at radius 3 is 2.50 bits per heavy atom. The van der Waals surface area contributed by atoms with Crippen molar-refractivity contribution in [1.29, 1.82) is 0 Å². The number of halogens is 1. The zero-order valence-corrected chi connectivity index (χ0v) is 8.48. The summed E-state index contributed by atoms with van der Waals surface area (Å²) in [7, 11) is 0. The van der Waals surface area contributed by atoms with Gasteiger partial charge in [-0.15, -0.1) is 11.6 Å². The van der Waals surface area contributed by atoms with Crippen molar-refractivity contribution in [2.45, 2.75) is 51.0 Å². The Hall–Kier alpha value is 0.250. The van der Waals surface area contributed by atoms with Crippen molar-refractivity contribution in [2.24, 2.45) is 0 Å². The second-order valence-electron chi connectivity index (χ2n) is 3.53. The van der Waals surface area contributed by atoms with Crippen molar-refractivity contribution < 1.29 is 4.74 Å². The molecule has 0 aromatic heterocycles. The number of unbranched alkanes of at least 4 members (excludes halogenated alkanes) is 1. The van der Waals surface area contributed by atoms with Crippen LogP contribution in [0, 0.1) is 0 Å². The van der Waals surface area contributed by atoms with Crippen LogP contribution in [0.25, 0.3) is 0 Å². The van der Waals surface area contributed by atoms with Crippen LogP contribution in [-0.4, -0.2) is 18.6 Å². The first-order valence-corrected chi connectivity index (χ1v) is 5.64. The van der Waals surface area contributed by atoms with Gasteiger partial charge in [-0.05, 0) is 25.7 Å². The number of alkyl halides is 1. The fraction of sp³-hybridized carbons (Fsp3) is 1.00. The Kier molecular flexibility index (Phi) is 5.80. The Morgan fingerprint density at radius 1 is 1.08 bits per heavy atom. The number of ether oxygens (including phenoxy) is 1. The first-order chi connectivity index (χ1) is 5.93. The molecule has 0 unspecified atom stereocenters. The summed E-state index contributed by atoms with van der Waals surface area (Å²) in [6.07, 6.45) is 9.46. The maximum absolute atomic E-state index is 5.73. The van der Waals surface area contributed by atoms with E-state index in [4.69, 9.17) is 16.3 Å². The van der Waals surface area contributed by atoms with E-state index in [2.05, 4.69) is 0 Å². The van der Waals surface area contributed by atoms with E-state index in [1.807, 2.05) is 0 Å². The zero-order valence-electron chi connectivity index (χ0n) is 7.73. The van der Waals surface area contributed by atoms with E-state index in [0.717, 1.165) is 25.3 Å². The average Bonchev–Trinajstić information content (AvgIpc) is 2.14. The molecule has 1 aliphatic rings. The highest BCUT2D eigenvalue weighted by molar-refractivity contribution is 6.17. The van der Waals surface area contributed by atoms with Crippen LogP contribution in [0.4, 0.5) is 0 Å². The lowest BCUT2D eigenvalue weighted by Gasteiger charge is -2.21. The highest BCUT2D eigenvalue weighted by atomic mass is 35.5. The minimum atomic E-state index is 0.564. The monoisotopic (exact) mass is 190 g/mol. The quantitative estimate of drug-likeness (QED) is 0.477. The van der Waals surface area contributed by atoms with E-state index < -0.39 is 0 Å². The topological polar surface area (TPSA) is 9.23 Å². The van der Waals surface area contributed by atoms with Gasteiger partial charge in [0.05, 0.1) is 6.10 Å². The fourth-order valence-electron chi connectivity index (χ4n) is 1.68. The third kappa shape index (κ3) is 4.32. The van der Waals surface area contributed by atoms with Crippen LogP contribution in [0.2, 0.25) is 0 Å². The number of hydrogen-bond acceptors (Lipinski definition) is 1. The second-order valence-corrected chi connectivity index (χ2v) is 3.90. The van der Waals surface area contributed by atoms with Gasteiger partial charge in [-0.25, -0.2) is 0 Å². The maximum atomic E-state index is 5.73. The molecule has 2 heteroatoms. The molecule has 1 rings (SSSR count). The van der Waals surface area contributed by atoms with Crippen LogP contribution >= 0.6 is 11.6 Å². The lowest BCUT2D eigenvalue weighted by atomic mass is 9.98. The predicted molar refractivity (Wildman–Crippen MR) is 52.8 cm³/mol. The zero-order chi connectivity index (χ0) is 8.65. The standard InChI is InChI=1S/C10H19ClO/c11-8-4-5-9-12-10-6-2-1-3-7-10/h10H,1-9H2. The number of rotatable bonds is 5. The van der Waals surface area contributed by atoms with E-state index in [1.165, 1.54) is 32.1 Å². The van der Waals surface area contributed by atoms with Crippen molar-refractivity contribution in [3.05, 3.63) is 0 Å². The highest BCUT2D eigenvalue weighted by Gasteiger charge is 2.12. The van der Waals surface area contributed by atoms with Gasteiger partial charge >= 0.3 is 0 Å². The lowest BCUT2D eigenvalue weighted by molar-refractivity contribution is 0.0270. The Labute approximate surface area is 80.4 Å². The third-order valence-electron chi connectivity index (χ3n) is 2.43. The molecule has 1 nitrogen and oxygen atoms in total. The Bertz CT molecular complexity index is 100.